The van der Waals surface area contributed by atoms with Gasteiger partial charge in [-0.15, -0.1) is 0 Å². The molecule has 0 radical (unpaired) electrons. The summed E-state index contributed by atoms with van der Waals surface area (Å²) in [6.45, 7) is 0. The lowest BCUT2D eigenvalue weighted by Crippen LogP contribution is -2.04. The van der Waals surface area contributed by atoms with Crippen LogP contribution in [0.3, 0.4) is 0 Å². The van der Waals surface area contributed by atoms with Gasteiger partial charge in [0.1, 0.15) is 5.82 Å². The molecule has 0 spiro atoms. The van der Waals surface area contributed by atoms with Gasteiger partial charge in [0.25, 0.3) is 0 Å². The normalized spacial score (nSPS) is 11.2. The number of aromatic nitrogens is 1. The van der Waals surface area contributed by atoms with Gasteiger partial charge in [0.05, 0.1) is 23.7 Å². The first-order valence-electron chi connectivity index (χ1n) is 5.61. The van der Waals surface area contributed by atoms with E-state index in [1.165, 1.54) is 18.3 Å². The van der Waals surface area contributed by atoms with Gasteiger partial charge in [-0.25, -0.2) is 4.39 Å². The fourth-order valence-corrected chi connectivity index (χ4v) is 1.70. The Morgan fingerprint density at radius 1 is 1.15 bits per heavy atom. The molecule has 0 fully saturated rings. The summed E-state index contributed by atoms with van der Waals surface area (Å²) in [5.74, 6) is -0.707. The molecule has 0 atom stereocenters. The van der Waals surface area contributed by atoms with E-state index in [-0.39, 0.29) is 23.2 Å². The van der Waals surface area contributed by atoms with Crippen LogP contribution in [0.4, 0.5) is 17.6 Å². The number of nitrogens with zero attached hydrogens (tertiary/aromatic N) is 2. The lowest BCUT2D eigenvalue weighted by molar-refractivity contribution is -0.137. The largest absolute Gasteiger partial charge is 0.416 e. The minimum atomic E-state index is -4.46. The summed E-state index contributed by atoms with van der Waals surface area (Å²) < 4.78 is 51.4. The van der Waals surface area contributed by atoms with Crippen molar-refractivity contribution in [3.8, 4) is 17.2 Å². The molecule has 0 bridgehead atoms. The third-order valence-electron chi connectivity index (χ3n) is 2.69. The van der Waals surface area contributed by atoms with E-state index >= 15 is 0 Å². The molecular weight excluding hydrogens is 272 g/mol. The van der Waals surface area contributed by atoms with Crippen LogP contribution < -0.4 is 0 Å². The van der Waals surface area contributed by atoms with Crippen molar-refractivity contribution in [2.24, 2.45) is 0 Å². The average Bonchev–Trinajstić information content (AvgIpc) is 2.40. The molecule has 0 aliphatic heterocycles. The van der Waals surface area contributed by atoms with Crippen molar-refractivity contribution in [1.29, 1.82) is 5.26 Å². The van der Waals surface area contributed by atoms with Crippen LogP contribution in [-0.2, 0) is 12.6 Å². The van der Waals surface area contributed by atoms with Crippen LogP contribution in [0.5, 0.6) is 0 Å². The third-order valence-corrected chi connectivity index (χ3v) is 2.69. The van der Waals surface area contributed by atoms with E-state index < -0.39 is 17.6 Å². The van der Waals surface area contributed by atoms with E-state index in [1.54, 1.807) is 6.07 Å². The van der Waals surface area contributed by atoms with Crippen molar-refractivity contribution in [2.45, 2.75) is 12.6 Å². The van der Waals surface area contributed by atoms with E-state index in [9.17, 15) is 17.6 Å². The highest BCUT2D eigenvalue weighted by Crippen LogP contribution is 2.32. The molecule has 2 rings (SSSR count). The van der Waals surface area contributed by atoms with Gasteiger partial charge in [-0.3, -0.25) is 4.98 Å². The van der Waals surface area contributed by atoms with Crippen LogP contribution in [0.1, 0.15) is 11.3 Å². The topological polar surface area (TPSA) is 36.7 Å². The summed E-state index contributed by atoms with van der Waals surface area (Å²) in [5, 5.41) is 8.47. The van der Waals surface area contributed by atoms with Crippen molar-refractivity contribution >= 4 is 0 Å². The highest BCUT2D eigenvalue weighted by atomic mass is 19.4. The number of halogens is 4. The molecule has 0 unspecified atom stereocenters. The van der Waals surface area contributed by atoms with E-state index in [0.717, 1.165) is 18.2 Å². The second-order valence-electron chi connectivity index (χ2n) is 4.07. The third kappa shape index (κ3) is 2.94. The second-order valence-corrected chi connectivity index (χ2v) is 4.07. The minimum Gasteiger partial charge on any atom is -0.256 e. The van der Waals surface area contributed by atoms with Gasteiger partial charge < -0.3 is 0 Å². The summed E-state index contributed by atoms with van der Waals surface area (Å²) in [6.07, 6.45) is -3.39. The van der Waals surface area contributed by atoms with Gasteiger partial charge in [0.2, 0.25) is 0 Å². The minimum absolute atomic E-state index is 0.0248. The predicted octanol–water partition coefficient (Wildman–Crippen LogP) is 3.97. The summed E-state index contributed by atoms with van der Waals surface area (Å²) in [7, 11) is 0. The maximum Gasteiger partial charge on any atom is 0.416 e. The lowest BCUT2D eigenvalue weighted by atomic mass is 10.0. The quantitative estimate of drug-likeness (QED) is 0.780. The first-order valence-corrected chi connectivity index (χ1v) is 5.61. The Morgan fingerprint density at radius 3 is 2.50 bits per heavy atom. The number of pyridine rings is 1. The molecule has 0 saturated heterocycles. The Hall–Kier alpha value is -2.42. The molecule has 2 nitrogen and oxygen atoms in total. The molecule has 1 heterocycles. The SMILES string of the molecule is N#CCc1ncc(-c2cccc(C(F)(F)F)c2)cc1F. The standard InChI is InChI=1S/C14H8F4N2/c15-12-7-10(8-20-13(12)4-5-19)9-2-1-3-11(6-9)14(16,17)18/h1-3,6-8H,4H2. The molecule has 0 aliphatic carbocycles. The second kappa shape index (κ2) is 5.29. The number of alkyl halides is 3. The van der Waals surface area contributed by atoms with Gasteiger partial charge in [0.15, 0.2) is 0 Å². The van der Waals surface area contributed by atoms with Crippen LogP contribution in [0.2, 0.25) is 0 Å². The van der Waals surface area contributed by atoms with E-state index in [0.29, 0.717) is 0 Å². The Kier molecular flexibility index (Phi) is 3.70. The summed E-state index contributed by atoms with van der Waals surface area (Å²) >= 11 is 0. The zero-order chi connectivity index (χ0) is 14.8. The van der Waals surface area contributed by atoms with Gasteiger partial charge >= 0.3 is 6.18 Å². The molecule has 6 heteroatoms. The van der Waals surface area contributed by atoms with Crippen LogP contribution in [0.25, 0.3) is 11.1 Å². The van der Waals surface area contributed by atoms with Crippen molar-refractivity contribution in [1.82, 2.24) is 4.98 Å². The fourth-order valence-electron chi connectivity index (χ4n) is 1.70. The Morgan fingerprint density at radius 2 is 1.90 bits per heavy atom. The van der Waals surface area contributed by atoms with Crippen molar-refractivity contribution in [2.75, 3.05) is 0 Å². The van der Waals surface area contributed by atoms with Crippen molar-refractivity contribution in [3.05, 3.63) is 53.6 Å². The number of rotatable bonds is 2. The van der Waals surface area contributed by atoms with E-state index in [2.05, 4.69) is 4.98 Å². The molecule has 0 aliphatic rings. The number of hydrogen-bond donors (Lipinski definition) is 0. The van der Waals surface area contributed by atoms with Crippen molar-refractivity contribution in [3.63, 3.8) is 0 Å². The average molecular weight is 280 g/mol. The zero-order valence-electron chi connectivity index (χ0n) is 10.1. The van der Waals surface area contributed by atoms with Gasteiger partial charge in [-0.05, 0) is 23.8 Å². The Bertz CT molecular complexity index is 672. The Labute approximate surface area is 112 Å². The molecule has 20 heavy (non-hydrogen) atoms. The molecule has 102 valence electrons. The monoisotopic (exact) mass is 280 g/mol. The first kappa shape index (κ1) is 14.0. The predicted molar refractivity (Wildman–Crippen MR) is 64.0 cm³/mol. The van der Waals surface area contributed by atoms with Crippen molar-refractivity contribution < 1.29 is 17.6 Å². The highest BCUT2D eigenvalue weighted by molar-refractivity contribution is 5.63. The van der Waals surface area contributed by atoms with Crippen LogP contribution in [-0.4, -0.2) is 4.98 Å². The summed E-state index contributed by atoms with van der Waals surface area (Å²) in [5.41, 5.74) is -0.384. The highest BCUT2D eigenvalue weighted by Gasteiger charge is 2.30. The van der Waals surface area contributed by atoms with Gasteiger partial charge in [-0.1, -0.05) is 12.1 Å². The number of nitriles is 1. The van der Waals surface area contributed by atoms with Crippen LogP contribution in [0, 0.1) is 17.1 Å². The number of benzene rings is 1. The number of hydrogen-bond acceptors (Lipinski definition) is 2. The maximum absolute atomic E-state index is 13.6. The van der Waals surface area contributed by atoms with E-state index in [1.807, 2.05) is 0 Å². The smallest absolute Gasteiger partial charge is 0.256 e. The molecule has 0 N–H and O–H groups in total. The van der Waals surface area contributed by atoms with E-state index in [4.69, 9.17) is 5.26 Å². The maximum atomic E-state index is 13.6. The summed E-state index contributed by atoms with van der Waals surface area (Å²) in [6, 6.07) is 7.40. The zero-order valence-corrected chi connectivity index (χ0v) is 10.1. The fraction of sp³-hybridized carbons (Fsp3) is 0.143. The molecule has 0 saturated carbocycles. The van der Waals surface area contributed by atoms with Gasteiger partial charge in [0, 0.05) is 11.8 Å². The Balaban J connectivity index is 2.42. The molecule has 2 aromatic rings. The molecule has 1 aromatic carbocycles. The summed E-state index contributed by atoms with van der Waals surface area (Å²) in [4.78, 5) is 3.76. The molecule has 1 aromatic heterocycles. The lowest BCUT2D eigenvalue weighted by Gasteiger charge is -2.09. The van der Waals surface area contributed by atoms with Gasteiger partial charge in [-0.2, -0.15) is 18.4 Å². The first-order chi connectivity index (χ1) is 9.41. The molecule has 0 amide bonds. The van der Waals surface area contributed by atoms with Crippen LogP contribution >= 0.6 is 0 Å². The molecular formula is C14H8F4N2. The van der Waals surface area contributed by atoms with Crippen LogP contribution in [0.15, 0.2) is 36.5 Å².